The van der Waals surface area contributed by atoms with E-state index in [1.165, 1.54) is 22.0 Å². The fourth-order valence-corrected chi connectivity index (χ4v) is 9.18. The van der Waals surface area contributed by atoms with E-state index in [-0.39, 0.29) is 66.7 Å². The molecule has 60 heavy (non-hydrogen) atoms. The van der Waals surface area contributed by atoms with E-state index < -0.39 is 35.6 Å². The Morgan fingerprint density at radius 1 is 0.950 bits per heavy atom. The van der Waals surface area contributed by atoms with Crippen molar-refractivity contribution in [2.45, 2.75) is 57.5 Å². The van der Waals surface area contributed by atoms with Crippen LogP contribution in [0.1, 0.15) is 71.2 Å². The number of fused-ring (bicyclic) bond motifs is 2. The summed E-state index contributed by atoms with van der Waals surface area (Å²) in [6.45, 7) is 1.59. The molecule has 5 heterocycles. The highest BCUT2D eigenvalue weighted by atomic mass is 32.1. The van der Waals surface area contributed by atoms with Crippen molar-refractivity contribution in [2.24, 2.45) is 13.0 Å². The number of ether oxygens (including phenoxy) is 3. The van der Waals surface area contributed by atoms with Crippen molar-refractivity contribution >= 4 is 61.9 Å². The number of pyridine rings is 1. The molecule has 0 spiro atoms. The van der Waals surface area contributed by atoms with E-state index in [1.807, 2.05) is 31.1 Å². The minimum Gasteiger partial charge on any atom is -0.496 e. The molecule has 0 aliphatic carbocycles. The van der Waals surface area contributed by atoms with Crippen molar-refractivity contribution in [3.8, 4) is 28.4 Å². The fourth-order valence-electron chi connectivity index (χ4n) is 8.09. The molecule has 1 unspecified atom stereocenters. The summed E-state index contributed by atoms with van der Waals surface area (Å²) in [5.41, 5.74) is 2.50. The lowest BCUT2D eigenvalue weighted by Crippen LogP contribution is -2.54. The van der Waals surface area contributed by atoms with Crippen LogP contribution in [0.15, 0.2) is 47.4 Å². The van der Waals surface area contributed by atoms with Gasteiger partial charge in [0, 0.05) is 51.3 Å². The second kappa shape index (κ2) is 17.6. The molecule has 3 aliphatic rings. The van der Waals surface area contributed by atoms with Gasteiger partial charge in [-0.25, -0.2) is 0 Å². The van der Waals surface area contributed by atoms with E-state index in [2.05, 4.69) is 10.6 Å². The van der Waals surface area contributed by atoms with E-state index in [1.54, 1.807) is 50.6 Å². The zero-order chi connectivity index (χ0) is 42.8. The van der Waals surface area contributed by atoms with Crippen LogP contribution in [0.5, 0.6) is 17.2 Å². The third kappa shape index (κ3) is 8.36. The monoisotopic (exact) mass is 840 g/mol. The molecule has 0 bridgehead atoms. The van der Waals surface area contributed by atoms with Crippen LogP contribution >= 0.6 is 11.3 Å². The summed E-state index contributed by atoms with van der Waals surface area (Å²) < 4.78 is 19.7. The summed E-state index contributed by atoms with van der Waals surface area (Å²) >= 11 is 1.32. The van der Waals surface area contributed by atoms with Crippen molar-refractivity contribution in [3.63, 3.8) is 0 Å². The quantitative estimate of drug-likeness (QED) is 0.137. The Bertz CT molecular complexity index is 2430. The lowest BCUT2D eigenvalue weighted by atomic mass is 9.96. The first-order valence-electron chi connectivity index (χ1n) is 19.9. The smallest absolute Gasteiger partial charge is 0.266 e. The fraction of sp³-hybridized carbons (Fsp3) is 0.419. The van der Waals surface area contributed by atoms with Gasteiger partial charge in [-0.05, 0) is 82.1 Å². The summed E-state index contributed by atoms with van der Waals surface area (Å²) in [4.78, 5) is 95.4. The van der Waals surface area contributed by atoms with Crippen LogP contribution in [0.25, 0.3) is 21.2 Å². The number of hydrogen-bond donors (Lipinski definition) is 2. The zero-order valence-electron chi connectivity index (χ0n) is 34.3. The van der Waals surface area contributed by atoms with Gasteiger partial charge in [-0.1, -0.05) is 6.07 Å². The van der Waals surface area contributed by atoms with E-state index in [0.717, 1.165) is 21.6 Å². The number of nitrogens with zero attached hydrogens (tertiary/aromatic N) is 4. The van der Waals surface area contributed by atoms with Crippen molar-refractivity contribution in [1.29, 1.82) is 0 Å². The lowest BCUT2D eigenvalue weighted by Gasteiger charge is -2.32. The Balaban J connectivity index is 0.949. The third-order valence-electron chi connectivity index (χ3n) is 11.1. The lowest BCUT2D eigenvalue weighted by molar-refractivity contribution is -0.137. The van der Waals surface area contributed by atoms with Crippen LogP contribution in [-0.4, -0.2) is 109 Å². The normalized spacial score (nSPS) is 17.9. The molecule has 4 aromatic rings. The van der Waals surface area contributed by atoms with Gasteiger partial charge >= 0.3 is 0 Å². The van der Waals surface area contributed by atoms with Crippen molar-refractivity contribution in [1.82, 2.24) is 24.6 Å². The number of methoxy groups -OCH3 is 2. The van der Waals surface area contributed by atoms with Crippen molar-refractivity contribution in [3.05, 3.63) is 69.6 Å². The van der Waals surface area contributed by atoms with Gasteiger partial charge in [0.2, 0.25) is 23.6 Å². The van der Waals surface area contributed by atoms with Gasteiger partial charge in [0.05, 0.1) is 58.5 Å². The zero-order valence-corrected chi connectivity index (χ0v) is 35.1. The van der Waals surface area contributed by atoms with Crippen LogP contribution in [0.3, 0.4) is 0 Å². The molecular weight excluding hydrogens is 793 g/mol. The number of aromatic nitrogens is 1. The molecule has 2 atom stereocenters. The molecule has 7 rings (SSSR count). The summed E-state index contributed by atoms with van der Waals surface area (Å²) in [5.74, 6) is -1.61. The van der Waals surface area contributed by atoms with Crippen LogP contribution in [0.2, 0.25) is 0 Å². The number of aryl methyl sites for hydroxylation is 1. The minimum absolute atomic E-state index is 0.0237. The van der Waals surface area contributed by atoms with Gasteiger partial charge in [-0.3, -0.25) is 43.8 Å². The Morgan fingerprint density at radius 2 is 1.70 bits per heavy atom. The molecule has 0 radical (unpaired) electrons. The predicted molar refractivity (Wildman–Crippen MR) is 223 cm³/mol. The maximum absolute atomic E-state index is 13.6. The highest BCUT2D eigenvalue weighted by Gasteiger charge is 2.46. The molecule has 0 saturated carbocycles. The van der Waals surface area contributed by atoms with Gasteiger partial charge in [0.1, 0.15) is 23.3 Å². The van der Waals surface area contributed by atoms with Crippen molar-refractivity contribution in [2.75, 3.05) is 53.3 Å². The number of carbonyl (C=O) groups excluding carboxylic acids is 6. The van der Waals surface area contributed by atoms with Crippen LogP contribution < -0.4 is 30.4 Å². The summed E-state index contributed by atoms with van der Waals surface area (Å²) in [5, 5.41) is 6.22. The molecule has 3 aliphatic heterocycles. The molecular formula is C43H48N6O10S. The Labute approximate surface area is 350 Å². The van der Waals surface area contributed by atoms with Gasteiger partial charge in [0.25, 0.3) is 17.4 Å². The molecule has 2 aromatic heterocycles. The second-order valence-corrected chi connectivity index (χ2v) is 16.6. The van der Waals surface area contributed by atoms with Gasteiger partial charge in [-0.2, -0.15) is 0 Å². The van der Waals surface area contributed by atoms with Gasteiger partial charge in [-0.15, -0.1) is 11.3 Å². The second-order valence-electron chi connectivity index (χ2n) is 15.5. The highest BCUT2D eigenvalue weighted by Crippen LogP contribution is 2.41. The number of carbonyl (C=O) groups is 6. The third-order valence-corrected chi connectivity index (χ3v) is 12.2. The van der Waals surface area contributed by atoms with E-state index in [0.29, 0.717) is 65.4 Å². The average molecular weight is 841 g/mol. The number of rotatable bonds is 14. The predicted octanol–water partition coefficient (Wildman–Crippen LogP) is 4.17. The van der Waals surface area contributed by atoms with E-state index in [9.17, 15) is 33.6 Å². The molecule has 16 nitrogen and oxygen atoms in total. The molecule has 17 heteroatoms. The Hall–Kier alpha value is -6.07. The number of unbranched alkanes of at least 4 members (excludes halogenated alkanes) is 1. The molecule has 2 saturated heterocycles. The van der Waals surface area contributed by atoms with Crippen LogP contribution in [0, 0.1) is 5.92 Å². The average Bonchev–Trinajstić information content (AvgIpc) is 3.76. The van der Waals surface area contributed by atoms with E-state index >= 15 is 0 Å². The highest BCUT2D eigenvalue weighted by molar-refractivity contribution is 7.23. The molecule has 2 N–H and O–H groups in total. The molecule has 6 amide bonds. The largest absolute Gasteiger partial charge is 0.496 e. The molecule has 2 aromatic carbocycles. The number of amides is 6. The summed E-state index contributed by atoms with van der Waals surface area (Å²) in [6.07, 6.45) is 4.35. The first-order valence-corrected chi connectivity index (χ1v) is 20.7. The number of thiophene rings is 1. The van der Waals surface area contributed by atoms with Crippen molar-refractivity contribution < 1.29 is 43.0 Å². The molecule has 2 fully saturated rings. The van der Waals surface area contributed by atoms with Crippen LogP contribution in [-0.2, 0) is 32.8 Å². The maximum atomic E-state index is 13.6. The maximum Gasteiger partial charge on any atom is 0.266 e. The van der Waals surface area contributed by atoms with E-state index in [4.69, 9.17) is 14.2 Å². The molecule has 316 valence electrons. The number of hydrogen-bond acceptors (Lipinski definition) is 12. The first kappa shape index (κ1) is 42.1. The number of piperidine rings is 2. The minimum atomic E-state index is -1.08. The number of anilines is 1. The number of nitrogens with one attached hydrogen (secondary N) is 2. The Morgan fingerprint density at radius 3 is 2.40 bits per heavy atom. The SMILES string of the molecule is COc1cc(-c2cn(C)c(=O)c3cc(NC(=O)[C@H]4CCCN(C(=O)CCCCOc5cccc6c5C(=O)N(C5CCC(=O)NC5=O)C6=O)C4)sc23)cc(OC)c1CN(C)C. The topological polar surface area (TPSA) is 186 Å². The number of benzene rings is 2. The van der Waals surface area contributed by atoms with Crippen LogP contribution in [0.4, 0.5) is 5.00 Å². The van der Waals surface area contributed by atoms with Gasteiger partial charge < -0.3 is 33.9 Å². The Kier molecular flexibility index (Phi) is 12.4. The summed E-state index contributed by atoms with van der Waals surface area (Å²) in [6, 6.07) is 9.17. The number of likely N-dealkylation sites (tertiary alicyclic amines) is 1. The summed E-state index contributed by atoms with van der Waals surface area (Å²) in [7, 11) is 8.84. The number of imide groups is 2. The standard InChI is InChI=1S/C43H48N6O10S/c1-46(2)22-29-32(57-4)18-25(19-33(29)58-5)28-23-47(3)41(54)27-20-35(60-38(27)28)45-39(52)24-10-9-16-48(21-24)36(51)13-6-7-17-59-31-12-8-11-26-37(31)43(56)49(42(26)55)30-14-15-34(50)44-40(30)53/h8,11-12,18-20,23-24,30H,6-7,9-10,13-17,21-22H2,1-5H3,(H,45,52)(H,44,50,53)/t24-,30?/m0/s1. The first-order chi connectivity index (χ1) is 28.8. The van der Waals surface area contributed by atoms with Gasteiger partial charge in [0.15, 0.2) is 0 Å².